The highest BCUT2D eigenvalue weighted by molar-refractivity contribution is 5.74. The molecule has 2 amide bonds. The van der Waals surface area contributed by atoms with Crippen LogP contribution in [0.25, 0.3) is 0 Å². The normalized spacial score (nSPS) is 23.9. The summed E-state index contributed by atoms with van der Waals surface area (Å²) >= 11 is 0. The van der Waals surface area contributed by atoms with Gasteiger partial charge in [0.05, 0.1) is 6.10 Å². The Balaban J connectivity index is 1.47. The molecule has 0 spiro atoms. The molecule has 5 nitrogen and oxygen atoms in total. The maximum Gasteiger partial charge on any atom is 0.317 e. The van der Waals surface area contributed by atoms with Crippen LogP contribution in [0.5, 0.6) is 0 Å². The Kier molecular flexibility index (Phi) is 5.29. The molecule has 2 aliphatic rings. The first kappa shape index (κ1) is 17.1. The summed E-state index contributed by atoms with van der Waals surface area (Å²) in [7, 11) is 1.82. The van der Waals surface area contributed by atoms with Crippen molar-refractivity contribution in [2.45, 2.75) is 44.8 Å². The maximum atomic E-state index is 12.3. The average molecular weight is 331 g/mol. The van der Waals surface area contributed by atoms with Gasteiger partial charge in [0, 0.05) is 44.3 Å². The molecule has 1 fully saturated rings. The van der Waals surface area contributed by atoms with E-state index in [1.165, 1.54) is 11.3 Å². The smallest absolute Gasteiger partial charge is 0.317 e. The number of para-hydroxylation sites is 1. The molecule has 24 heavy (non-hydrogen) atoms. The minimum Gasteiger partial charge on any atom is -0.393 e. The molecule has 1 aromatic rings. The number of fused-ring (bicyclic) bond motifs is 1. The number of carbonyl (C=O) groups excluding carboxylic acids is 1. The van der Waals surface area contributed by atoms with Gasteiger partial charge in [-0.3, -0.25) is 0 Å². The molecule has 2 N–H and O–H groups in total. The van der Waals surface area contributed by atoms with E-state index in [2.05, 4.69) is 41.4 Å². The lowest BCUT2D eigenvalue weighted by Crippen LogP contribution is -2.46. The van der Waals surface area contributed by atoms with Gasteiger partial charge in [0.2, 0.25) is 0 Å². The molecule has 5 heteroatoms. The van der Waals surface area contributed by atoms with Crippen molar-refractivity contribution in [2.24, 2.45) is 5.92 Å². The lowest BCUT2D eigenvalue weighted by atomic mass is 10.1. The fourth-order valence-electron chi connectivity index (χ4n) is 3.97. The number of hydrogen-bond acceptors (Lipinski definition) is 3. The number of aliphatic hydroxyl groups is 1. The van der Waals surface area contributed by atoms with Gasteiger partial charge in [-0.25, -0.2) is 4.79 Å². The topological polar surface area (TPSA) is 55.8 Å². The largest absolute Gasteiger partial charge is 0.393 e. The van der Waals surface area contributed by atoms with Gasteiger partial charge < -0.3 is 20.2 Å². The van der Waals surface area contributed by atoms with Gasteiger partial charge in [-0.05, 0) is 37.8 Å². The summed E-state index contributed by atoms with van der Waals surface area (Å²) in [4.78, 5) is 16.4. The average Bonchev–Trinajstić information content (AvgIpc) is 3.19. The lowest BCUT2D eigenvalue weighted by Gasteiger charge is -2.29. The van der Waals surface area contributed by atoms with E-state index >= 15 is 0 Å². The van der Waals surface area contributed by atoms with Crippen molar-refractivity contribution in [2.75, 3.05) is 31.6 Å². The van der Waals surface area contributed by atoms with E-state index in [0.717, 1.165) is 32.2 Å². The second-order valence-corrected chi connectivity index (χ2v) is 7.25. The van der Waals surface area contributed by atoms with E-state index < -0.39 is 0 Å². The third-order valence-electron chi connectivity index (χ3n) is 5.48. The fourth-order valence-corrected chi connectivity index (χ4v) is 3.97. The van der Waals surface area contributed by atoms with Gasteiger partial charge in [-0.15, -0.1) is 0 Å². The van der Waals surface area contributed by atoms with E-state index in [9.17, 15) is 9.90 Å². The summed E-state index contributed by atoms with van der Waals surface area (Å²) < 4.78 is 0. The van der Waals surface area contributed by atoms with Gasteiger partial charge in [-0.2, -0.15) is 0 Å². The van der Waals surface area contributed by atoms with Crippen molar-refractivity contribution in [3.05, 3.63) is 29.8 Å². The molecule has 1 heterocycles. The van der Waals surface area contributed by atoms with Crippen LogP contribution < -0.4 is 10.2 Å². The Morgan fingerprint density at radius 2 is 2.21 bits per heavy atom. The molecule has 1 aromatic carbocycles. The Hall–Kier alpha value is -1.75. The van der Waals surface area contributed by atoms with Gasteiger partial charge in [0.25, 0.3) is 0 Å². The van der Waals surface area contributed by atoms with Crippen LogP contribution in [0, 0.1) is 5.92 Å². The minimum atomic E-state index is -0.250. The van der Waals surface area contributed by atoms with Crippen LogP contribution in [0.2, 0.25) is 0 Å². The van der Waals surface area contributed by atoms with E-state index in [1.54, 1.807) is 4.90 Å². The molecular weight excluding hydrogens is 302 g/mol. The highest BCUT2D eigenvalue weighted by Crippen LogP contribution is 2.29. The van der Waals surface area contributed by atoms with Crippen molar-refractivity contribution in [3.8, 4) is 0 Å². The summed E-state index contributed by atoms with van der Waals surface area (Å²) in [5.41, 5.74) is 2.68. The first-order valence-electron chi connectivity index (χ1n) is 9.08. The highest BCUT2D eigenvalue weighted by atomic mass is 16.3. The molecule has 132 valence electrons. The van der Waals surface area contributed by atoms with Crippen LogP contribution in [-0.4, -0.2) is 54.9 Å². The summed E-state index contributed by atoms with van der Waals surface area (Å²) in [6.07, 6.45) is 3.77. The summed E-state index contributed by atoms with van der Waals surface area (Å²) in [5, 5.41) is 13.0. The molecule has 3 atom stereocenters. The highest BCUT2D eigenvalue weighted by Gasteiger charge is 2.28. The van der Waals surface area contributed by atoms with Gasteiger partial charge in [-0.1, -0.05) is 24.6 Å². The zero-order valence-electron chi connectivity index (χ0n) is 14.7. The SMILES string of the molecule is CC(CNC(=O)N(C)CC1CCCC1O)N1CCc2ccccc21. The molecule has 0 aromatic heterocycles. The Morgan fingerprint density at radius 3 is 2.96 bits per heavy atom. The number of aliphatic hydroxyl groups excluding tert-OH is 1. The molecule has 1 aliphatic carbocycles. The quantitative estimate of drug-likeness (QED) is 0.870. The Bertz CT molecular complexity index is 577. The number of benzene rings is 1. The van der Waals surface area contributed by atoms with Crippen molar-refractivity contribution >= 4 is 11.7 Å². The van der Waals surface area contributed by atoms with Crippen LogP contribution in [0.15, 0.2) is 24.3 Å². The number of anilines is 1. The number of nitrogens with zero attached hydrogens (tertiary/aromatic N) is 2. The van der Waals surface area contributed by atoms with Gasteiger partial charge >= 0.3 is 6.03 Å². The van der Waals surface area contributed by atoms with Crippen LogP contribution in [0.4, 0.5) is 10.5 Å². The van der Waals surface area contributed by atoms with Crippen LogP contribution >= 0.6 is 0 Å². The monoisotopic (exact) mass is 331 g/mol. The molecule has 3 unspecified atom stereocenters. The molecular formula is C19H29N3O2. The van der Waals surface area contributed by atoms with Crippen molar-refractivity contribution in [1.29, 1.82) is 0 Å². The van der Waals surface area contributed by atoms with Gasteiger partial charge in [0.1, 0.15) is 0 Å². The molecule has 1 saturated carbocycles. The first-order valence-corrected chi connectivity index (χ1v) is 9.08. The second-order valence-electron chi connectivity index (χ2n) is 7.25. The molecule has 0 bridgehead atoms. The molecule has 3 rings (SSSR count). The van der Waals surface area contributed by atoms with E-state index in [1.807, 2.05) is 7.05 Å². The standard InChI is InChI=1S/C19H29N3O2/c1-14(22-11-10-15-6-3-4-8-17(15)22)12-20-19(24)21(2)13-16-7-5-9-18(16)23/h3-4,6,8,14,16,18,23H,5,7,9-13H2,1-2H3,(H,20,24). The fraction of sp³-hybridized carbons (Fsp3) is 0.632. The van der Waals surface area contributed by atoms with Gasteiger partial charge in [0.15, 0.2) is 0 Å². The van der Waals surface area contributed by atoms with Crippen molar-refractivity contribution in [3.63, 3.8) is 0 Å². The number of carbonyl (C=O) groups is 1. The first-order chi connectivity index (χ1) is 11.6. The summed E-state index contributed by atoms with van der Waals surface area (Å²) in [6.45, 7) is 4.43. The zero-order valence-corrected chi connectivity index (χ0v) is 14.7. The van der Waals surface area contributed by atoms with E-state index in [0.29, 0.717) is 13.1 Å². The van der Waals surface area contributed by atoms with Crippen molar-refractivity contribution in [1.82, 2.24) is 10.2 Å². The third kappa shape index (κ3) is 3.66. The minimum absolute atomic E-state index is 0.0477. The number of rotatable bonds is 5. The van der Waals surface area contributed by atoms with Crippen LogP contribution in [0.3, 0.4) is 0 Å². The number of nitrogens with one attached hydrogen (secondary N) is 1. The number of hydrogen-bond donors (Lipinski definition) is 2. The van der Waals surface area contributed by atoms with Crippen molar-refractivity contribution < 1.29 is 9.90 Å². The Labute approximate surface area is 144 Å². The molecule has 1 aliphatic heterocycles. The second kappa shape index (κ2) is 7.43. The molecule has 0 radical (unpaired) electrons. The third-order valence-corrected chi connectivity index (χ3v) is 5.48. The number of amides is 2. The maximum absolute atomic E-state index is 12.3. The van der Waals surface area contributed by atoms with E-state index in [-0.39, 0.29) is 24.1 Å². The lowest BCUT2D eigenvalue weighted by molar-refractivity contribution is 0.114. The molecule has 0 saturated heterocycles. The summed E-state index contributed by atoms with van der Waals surface area (Å²) in [5.74, 6) is 0.226. The predicted molar refractivity (Wildman–Crippen MR) is 96.3 cm³/mol. The zero-order chi connectivity index (χ0) is 17.1. The predicted octanol–water partition coefficient (Wildman–Crippen LogP) is 2.24. The van der Waals surface area contributed by atoms with Crippen LogP contribution in [0.1, 0.15) is 31.7 Å². The Morgan fingerprint density at radius 1 is 1.42 bits per heavy atom. The van der Waals surface area contributed by atoms with Crippen LogP contribution in [-0.2, 0) is 6.42 Å². The summed E-state index contributed by atoms with van der Waals surface area (Å²) in [6, 6.07) is 8.72. The number of urea groups is 1. The van der Waals surface area contributed by atoms with E-state index in [4.69, 9.17) is 0 Å².